The molecule has 0 atom stereocenters. The zero-order valence-corrected chi connectivity index (χ0v) is 9.51. The van der Waals surface area contributed by atoms with Gasteiger partial charge in [-0.1, -0.05) is 19.1 Å². The first-order valence-corrected chi connectivity index (χ1v) is 5.48. The van der Waals surface area contributed by atoms with Crippen LogP contribution in [0.25, 0.3) is 6.08 Å². The second-order valence-corrected chi connectivity index (χ2v) is 3.69. The molecule has 2 nitrogen and oxygen atoms in total. The van der Waals surface area contributed by atoms with Crippen LogP contribution in [-0.4, -0.2) is 12.9 Å². The quantitative estimate of drug-likeness (QED) is 0.566. The first kappa shape index (κ1) is 11.9. The topological polar surface area (TPSA) is 18.5 Å². The molecule has 0 fully saturated rings. The summed E-state index contributed by atoms with van der Waals surface area (Å²) in [6.45, 7) is 1.89. The van der Waals surface area contributed by atoms with E-state index in [9.17, 15) is 4.39 Å². The van der Waals surface area contributed by atoms with Crippen LogP contribution in [0.1, 0.15) is 12.5 Å². The van der Waals surface area contributed by atoms with Crippen molar-refractivity contribution in [3.63, 3.8) is 0 Å². The zero-order chi connectivity index (χ0) is 11.1. The summed E-state index contributed by atoms with van der Waals surface area (Å²) in [5.41, 5.74) is 0.741. The fraction of sp³-hybridized carbons (Fsp3) is 0.273. The molecule has 0 heterocycles. The molecule has 0 spiro atoms. The predicted molar refractivity (Wildman–Crippen MR) is 61.3 cm³/mol. The van der Waals surface area contributed by atoms with Crippen molar-refractivity contribution in [2.24, 2.45) is 0 Å². The number of benzene rings is 1. The summed E-state index contributed by atoms with van der Waals surface area (Å²) in [5, 5.41) is 0. The van der Waals surface area contributed by atoms with Crippen molar-refractivity contribution >= 4 is 18.1 Å². The molecule has 0 aliphatic heterocycles. The van der Waals surface area contributed by atoms with Gasteiger partial charge in [-0.2, -0.15) is 4.39 Å². The van der Waals surface area contributed by atoms with E-state index < -0.39 is 6.01 Å². The Morgan fingerprint density at radius 1 is 1.40 bits per heavy atom. The lowest BCUT2D eigenvalue weighted by Gasteiger charge is -2.00. The molecule has 0 aromatic heterocycles. The number of hydrogen-bond acceptors (Lipinski definition) is 3. The summed E-state index contributed by atoms with van der Waals surface area (Å²) in [4.78, 5) is 0. The SMILES string of the molecule is CCSO/C(F)=C/c1ccc(OC)cc1. The Hall–Kier alpha value is -1.16. The van der Waals surface area contributed by atoms with Crippen LogP contribution in [0.2, 0.25) is 0 Å². The summed E-state index contributed by atoms with van der Waals surface area (Å²) in [6, 6.07) is 6.47. The smallest absolute Gasteiger partial charge is 0.285 e. The van der Waals surface area contributed by atoms with Crippen LogP contribution in [0.15, 0.2) is 30.3 Å². The Bertz CT molecular complexity index is 322. The summed E-state index contributed by atoms with van der Waals surface area (Å²) in [5.74, 6) is 1.46. The van der Waals surface area contributed by atoms with E-state index >= 15 is 0 Å². The van der Waals surface area contributed by atoms with E-state index in [1.54, 1.807) is 31.4 Å². The van der Waals surface area contributed by atoms with Gasteiger partial charge < -0.3 is 8.92 Å². The fourth-order valence-electron chi connectivity index (χ4n) is 0.970. The van der Waals surface area contributed by atoms with E-state index in [1.165, 1.54) is 6.08 Å². The molecule has 0 bridgehead atoms. The van der Waals surface area contributed by atoms with Gasteiger partial charge in [-0.15, -0.1) is 0 Å². The third-order valence-electron chi connectivity index (χ3n) is 1.65. The summed E-state index contributed by atoms with van der Waals surface area (Å²) in [7, 11) is 1.59. The van der Waals surface area contributed by atoms with Crippen molar-refractivity contribution in [3.05, 3.63) is 35.8 Å². The molecule has 1 aromatic rings. The van der Waals surface area contributed by atoms with Crippen LogP contribution in [0.3, 0.4) is 0 Å². The minimum Gasteiger partial charge on any atom is -0.497 e. The van der Waals surface area contributed by atoms with E-state index in [2.05, 4.69) is 0 Å². The van der Waals surface area contributed by atoms with Gasteiger partial charge in [-0.3, -0.25) is 0 Å². The van der Waals surface area contributed by atoms with Crippen LogP contribution in [0.4, 0.5) is 4.39 Å². The second kappa shape index (κ2) is 6.35. The van der Waals surface area contributed by atoms with Gasteiger partial charge in [0.25, 0.3) is 6.01 Å². The van der Waals surface area contributed by atoms with Crippen molar-refractivity contribution in [2.45, 2.75) is 6.92 Å². The number of ether oxygens (including phenoxy) is 1. The lowest BCUT2D eigenvalue weighted by Crippen LogP contribution is -1.82. The van der Waals surface area contributed by atoms with Gasteiger partial charge in [0, 0.05) is 11.8 Å². The average Bonchev–Trinajstić information content (AvgIpc) is 2.27. The van der Waals surface area contributed by atoms with Gasteiger partial charge in [0.1, 0.15) is 5.75 Å². The molecule has 0 saturated carbocycles. The molecule has 1 rings (SSSR count). The molecular weight excluding hydrogens is 215 g/mol. The van der Waals surface area contributed by atoms with E-state index in [4.69, 9.17) is 8.92 Å². The standard InChI is InChI=1S/C11H13FO2S/c1-3-15-14-11(12)8-9-4-6-10(13-2)7-5-9/h4-8H,3H2,1-2H3/b11-8+. The molecule has 0 N–H and O–H groups in total. The molecule has 0 saturated heterocycles. The van der Waals surface area contributed by atoms with E-state index in [0.29, 0.717) is 5.75 Å². The highest BCUT2D eigenvalue weighted by atomic mass is 32.2. The highest BCUT2D eigenvalue weighted by molar-refractivity contribution is 7.94. The Labute approximate surface area is 93.3 Å². The number of rotatable bonds is 5. The minimum absolute atomic E-state index is 0.591. The van der Waals surface area contributed by atoms with Crippen LogP contribution in [0.5, 0.6) is 5.75 Å². The molecule has 0 aliphatic carbocycles. The molecular formula is C11H13FO2S. The minimum atomic E-state index is -0.591. The Morgan fingerprint density at radius 2 is 2.07 bits per heavy atom. The number of halogens is 1. The maximum absolute atomic E-state index is 13.0. The van der Waals surface area contributed by atoms with Crippen LogP contribution in [0, 0.1) is 0 Å². The van der Waals surface area contributed by atoms with Crippen LogP contribution >= 0.6 is 12.0 Å². The maximum atomic E-state index is 13.0. The van der Waals surface area contributed by atoms with Gasteiger partial charge in [0.2, 0.25) is 0 Å². The van der Waals surface area contributed by atoms with Crippen molar-refractivity contribution in [1.29, 1.82) is 0 Å². The molecule has 4 heteroatoms. The van der Waals surface area contributed by atoms with E-state index in [1.807, 2.05) is 6.92 Å². The van der Waals surface area contributed by atoms with E-state index in [0.717, 1.165) is 23.4 Å². The molecule has 0 aliphatic rings. The molecule has 0 radical (unpaired) electrons. The van der Waals surface area contributed by atoms with Gasteiger partial charge in [0.05, 0.1) is 19.2 Å². The summed E-state index contributed by atoms with van der Waals surface area (Å²) < 4.78 is 22.8. The van der Waals surface area contributed by atoms with Crippen molar-refractivity contribution < 1.29 is 13.3 Å². The lowest BCUT2D eigenvalue weighted by molar-refractivity contribution is 0.351. The Morgan fingerprint density at radius 3 is 2.60 bits per heavy atom. The van der Waals surface area contributed by atoms with Gasteiger partial charge >= 0.3 is 0 Å². The van der Waals surface area contributed by atoms with Crippen LogP contribution < -0.4 is 4.74 Å². The van der Waals surface area contributed by atoms with Crippen molar-refractivity contribution in [3.8, 4) is 5.75 Å². The second-order valence-electron chi connectivity index (χ2n) is 2.71. The van der Waals surface area contributed by atoms with E-state index in [-0.39, 0.29) is 0 Å². The summed E-state index contributed by atoms with van der Waals surface area (Å²) in [6.07, 6.45) is 1.34. The lowest BCUT2D eigenvalue weighted by atomic mass is 10.2. The zero-order valence-electron chi connectivity index (χ0n) is 8.70. The molecule has 15 heavy (non-hydrogen) atoms. The Kier molecular flexibility index (Phi) is 5.04. The molecule has 0 amide bonds. The maximum Gasteiger partial charge on any atom is 0.285 e. The third kappa shape index (κ3) is 4.25. The van der Waals surface area contributed by atoms with Gasteiger partial charge in [0.15, 0.2) is 0 Å². The van der Waals surface area contributed by atoms with Crippen molar-refractivity contribution in [1.82, 2.24) is 0 Å². The fourth-order valence-corrected chi connectivity index (χ4v) is 1.25. The normalized spacial score (nSPS) is 11.3. The largest absolute Gasteiger partial charge is 0.497 e. The first-order chi connectivity index (χ1) is 7.26. The highest BCUT2D eigenvalue weighted by Gasteiger charge is 1.97. The van der Waals surface area contributed by atoms with Gasteiger partial charge in [-0.25, -0.2) is 0 Å². The van der Waals surface area contributed by atoms with Crippen LogP contribution in [-0.2, 0) is 4.18 Å². The molecule has 1 aromatic carbocycles. The summed E-state index contributed by atoms with van der Waals surface area (Å²) >= 11 is 1.08. The van der Waals surface area contributed by atoms with Gasteiger partial charge in [-0.05, 0) is 17.7 Å². The monoisotopic (exact) mass is 228 g/mol. The molecule has 82 valence electrons. The van der Waals surface area contributed by atoms with Crippen molar-refractivity contribution in [2.75, 3.05) is 12.9 Å². The Balaban J connectivity index is 2.62. The number of hydrogen-bond donors (Lipinski definition) is 0. The molecule has 0 unspecified atom stereocenters. The first-order valence-electron chi connectivity index (χ1n) is 4.57. The third-order valence-corrected chi connectivity index (χ3v) is 2.17. The predicted octanol–water partition coefficient (Wildman–Crippen LogP) is 3.65. The number of methoxy groups -OCH3 is 1. The highest BCUT2D eigenvalue weighted by Crippen LogP contribution is 2.17. The average molecular weight is 228 g/mol.